The minimum absolute atomic E-state index is 0.0357. The number of benzene rings is 2. The minimum Gasteiger partial charge on any atom is -0.490 e. The van der Waals surface area contributed by atoms with Gasteiger partial charge in [-0.1, -0.05) is 24.6 Å². The number of aliphatic hydroxyl groups excluding tert-OH is 1. The molecular weight excluding hydrogens is 540 g/mol. The fourth-order valence-corrected chi connectivity index (χ4v) is 7.35. The Morgan fingerprint density at radius 2 is 1.86 bits per heavy atom. The Morgan fingerprint density at radius 3 is 2.48 bits per heavy atom. The van der Waals surface area contributed by atoms with E-state index < -0.39 is 41.0 Å². The van der Waals surface area contributed by atoms with Crippen LogP contribution in [0.4, 0.5) is 8.78 Å². The van der Waals surface area contributed by atoms with Crippen LogP contribution in [0.2, 0.25) is 0 Å². The molecule has 3 N–H and O–H groups in total. The van der Waals surface area contributed by atoms with Crippen molar-refractivity contribution in [3.8, 4) is 16.9 Å². The lowest BCUT2D eigenvalue weighted by atomic mass is 9.73. The molecule has 1 aliphatic heterocycles. The smallest absolute Gasteiger partial charge is 0.313 e. The molecule has 6 nitrogen and oxygen atoms in total. The molecule has 0 amide bonds. The summed E-state index contributed by atoms with van der Waals surface area (Å²) in [5.41, 5.74) is -0.827. The summed E-state index contributed by atoms with van der Waals surface area (Å²) in [5, 5.41) is 24.0. The number of alkyl halides is 1. The van der Waals surface area contributed by atoms with Crippen LogP contribution in [0.3, 0.4) is 0 Å². The van der Waals surface area contributed by atoms with Crippen molar-refractivity contribution in [3.63, 3.8) is 0 Å². The lowest BCUT2D eigenvalue weighted by Gasteiger charge is -2.38. The second kappa shape index (κ2) is 10.7. The van der Waals surface area contributed by atoms with Crippen LogP contribution in [0, 0.1) is 11.7 Å². The van der Waals surface area contributed by atoms with Crippen molar-refractivity contribution in [2.45, 2.75) is 113 Å². The van der Waals surface area contributed by atoms with Crippen molar-refractivity contribution in [2.24, 2.45) is 5.92 Å². The Balaban J connectivity index is 1.25. The number of hydrogen-bond acceptors (Lipinski definition) is 5. The minimum atomic E-state index is -1.89. The molecule has 42 heavy (non-hydrogen) atoms. The number of carbonyl (C=O) groups is 2. The van der Waals surface area contributed by atoms with Gasteiger partial charge in [0.05, 0.1) is 11.5 Å². The number of aliphatic hydroxyl groups is 1. The van der Waals surface area contributed by atoms with Crippen LogP contribution in [-0.4, -0.2) is 51.9 Å². The lowest BCUT2D eigenvalue weighted by Crippen LogP contribution is -2.46. The number of halogens is 2. The molecular formula is C34H41F2NO5. The van der Waals surface area contributed by atoms with Gasteiger partial charge in [-0.2, -0.15) is 0 Å². The number of aliphatic carboxylic acids is 1. The van der Waals surface area contributed by atoms with Crippen molar-refractivity contribution < 1.29 is 33.3 Å². The molecule has 0 unspecified atom stereocenters. The normalized spacial score (nSPS) is 28.8. The van der Waals surface area contributed by atoms with Crippen LogP contribution in [-0.2, 0) is 15.0 Å². The molecule has 3 saturated carbocycles. The van der Waals surface area contributed by atoms with Gasteiger partial charge in [0, 0.05) is 36.9 Å². The standard InChI is InChI=1S/C34H41F2NO5/c1-32(2,31(40)41)22-10-11-28(25(16-22)24-8-4-9-26(35)30(24)20-6-3-7-20)42-23-14-21(27(38)17-23)15-29(39)34(36)18-33(37-19-34)12-5-13-33/h4,8-11,16,20-21,23,27,37-38H,3,5-7,12-15,17-19H2,1-2H3,(H,40,41)/t21-,23+,27-,34+/m1/s1. The molecule has 226 valence electrons. The van der Waals surface area contributed by atoms with Crippen LogP contribution in [0.25, 0.3) is 11.1 Å². The molecule has 6 rings (SSSR count). The van der Waals surface area contributed by atoms with E-state index in [1.54, 1.807) is 38.1 Å². The van der Waals surface area contributed by atoms with Gasteiger partial charge >= 0.3 is 5.97 Å². The van der Waals surface area contributed by atoms with E-state index in [9.17, 15) is 19.8 Å². The van der Waals surface area contributed by atoms with Crippen LogP contribution in [0.1, 0.15) is 95.1 Å². The number of carboxylic acids is 1. The Labute approximate surface area is 245 Å². The Kier molecular flexibility index (Phi) is 7.45. The van der Waals surface area contributed by atoms with Gasteiger partial charge in [0.15, 0.2) is 11.5 Å². The highest BCUT2D eigenvalue weighted by Gasteiger charge is 2.55. The predicted molar refractivity (Wildman–Crippen MR) is 155 cm³/mol. The molecule has 8 heteroatoms. The van der Waals surface area contributed by atoms with E-state index in [1.807, 2.05) is 6.07 Å². The highest BCUT2D eigenvalue weighted by Crippen LogP contribution is 2.48. The topological polar surface area (TPSA) is 95.9 Å². The van der Waals surface area contributed by atoms with E-state index in [1.165, 1.54) is 6.07 Å². The number of rotatable bonds is 9. The first-order valence-corrected chi connectivity index (χ1v) is 15.4. The Hall–Kier alpha value is -2.84. The fourth-order valence-electron chi connectivity index (χ4n) is 7.35. The SMILES string of the molecule is CC(C)(C(=O)O)c1ccc(O[C@H]2C[C@H](CC(=O)[C@@]3(F)CNC4(CCC4)C3)[C@H](O)C2)c(-c2cccc(F)c2C2CCC2)c1. The maximum absolute atomic E-state index is 15.7. The summed E-state index contributed by atoms with van der Waals surface area (Å²) in [7, 11) is 0. The predicted octanol–water partition coefficient (Wildman–Crippen LogP) is 6.22. The molecule has 1 spiro atoms. The van der Waals surface area contributed by atoms with E-state index in [-0.39, 0.29) is 36.7 Å². The summed E-state index contributed by atoms with van der Waals surface area (Å²) < 4.78 is 37.3. The first-order chi connectivity index (χ1) is 19.9. The van der Waals surface area contributed by atoms with Gasteiger partial charge in [0.1, 0.15) is 17.7 Å². The van der Waals surface area contributed by atoms with Gasteiger partial charge in [0.2, 0.25) is 0 Å². The summed E-state index contributed by atoms with van der Waals surface area (Å²) in [5.74, 6) is -1.56. The van der Waals surface area contributed by atoms with Crippen LogP contribution in [0.5, 0.6) is 5.75 Å². The molecule has 2 aromatic carbocycles. The zero-order chi connectivity index (χ0) is 29.9. The monoisotopic (exact) mass is 581 g/mol. The number of nitrogens with one attached hydrogen (secondary N) is 1. The molecule has 0 bridgehead atoms. The maximum atomic E-state index is 15.7. The van der Waals surface area contributed by atoms with Gasteiger partial charge in [-0.05, 0) is 99.1 Å². The first kappa shape index (κ1) is 29.2. The molecule has 0 radical (unpaired) electrons. The quantitative estimate of drug-likeness (QED) is 0.325. The highest BCUT2D eigenvalue weighted by molar-refractivity contribution is 5.88. The molecule has 1 heterocycles. The zero-order valence-corrected chi connectivity index (χ0v) is 24.4. The van der Waals surface area contributed by atoms with E-state index in [2.05, 4.69) is 5.32 Å². The second-order valence-corrected chi connectivity index (χ2v) is 13.8. The Morgan fingerprint density at radius 1 is 1.10 bits per heavy atom. The van der Waals surface area contributed by atoms with Gasteiger partial charge in [-0.15, -0.1) is 0 Å². The van der Waals surface area contributed by atoms with Crippen molar-refractivity contribution in [3.05, 3.63) is 53.3 Å². The summed E-state index contributed by atoms with van der Waals surface area (Å²) in [6.07, 6.45) is 5.28. The molecule has 0 aromatic heterocycles. The third-order valence-corrected chi connectivity index (χ3v) is 10.6. The molecule has 4 atom stereocenters. The summed E-state index contributed by atoms with van der Waals surface area (Å²) in [6, 6.07) is 10.2. The van der Waals surface area contributed by atoms with Crippen LogP contribution < -0.4 is 10.1 Å². The van der Waals surface area contributed by atoms with Gasteiger partial charge < -0.3 is 20.3 Å². The number of carboxylic acid groups (broad SMARTS) is 1. The molecule has 3 aliphatic carbocycles. The third kappa shape index (κ3) is 5.15. The van der Waals surface area contributed by atoms with Gasteiger partial charge in [0.25, 0.3) is 0 Å². The average Bonchev–Trinajstić information content (AvgIpc) is 3.44. The van der Waals surface area contributed by atoms with Crippen molar-refractivity contribution >= 4 is 11.8 Å². The average molecular weight is 582 g/mol. The fraction of sp³-hybridized carbons (Fsp3) is 0.588. The second-order valence-electron chi connectivity index (χ2n) is 13.8. The lowest BCUT2D eigenvalue weighted by molar-refractivity contribution is -0.142. The number of ether oxygens (including phenoxy) is 1. The van der Waals surface area contributed by atoms with Gasteiger partial charge in [-0.3, -0.25) is 9.59 Å². The number of ketones is 1. The highest BCUT2D eigenvalue weighted by atomic mass is 19.1. The van der Waals surface area contributed by atoms with Crippen molar-refractivity contribution in [1.29, 1.82) is 0 Å². The first-order valence-electron chi connectivity index (χ1n) is 15.4. The largest absolute Gasteiger partial charge is 0.490 e. The van der Waals surface area contributed by atoms with E-state index in [4.69, 9.17) is 4.74 Å². The maximum Gasteiger partial charge on any atom is 0.313 e. The summed E-state index contributed by atoms with van der Waals surface area (Å²) in [6.45, 7) is 3.30. The van der Waals surface area contributed by atoms with E-state index in [0.717, 1.165) is 38.5 Å². The third-order valence-electron chi connectivity index (χ3n) is 10.6. The number of hydrogen-bond donors (Lipinski definition) is 3. The zero-order valence-electron chi connectivity index (χ0n) is 24.4. The molecule has 1 saturated heterocycles. The molecule has 4 fully saturated rings. The molecule has 4 aliphatic rings. The summed E-state index contributed by atoms with van der Waals surface area (Å²) >= 11 is 0. The van der Waals surface area contributed by atoms with Gasteiger partial charge in [-0.25, -0.2) is 8.78 Å². The summed E-state index contributed by atoms with van der Waals surface area (Å²) in [4.78, 5) is 25.2. The number of Topliss-reactive ketones (excluding diaryl/α,β-unsaturated/α-hetero) is 1. The Bertz CT molecular complexity index is 1380. The van der Waals surface area contributed by atoms with E-state index in [0.29, 0.717) is 40.8 Å². The van der Waals surface area contributed by atoms with Crippen molar-refractivity contribution in [2.75, 3.05) is 6.54 Å². The number of carbonyl (C=O) groups excluding carboxylic acids is 1. The van der Waals surface area contributed by atoms with E-state index >= 15 is 8.78 Å². The van der Waals surface area contributed by atoms with Crippen LogP contribution in [0.15, 0.2) is 36.4 Å². The van der Waals surface area contributed by atoms with Crippen LogP contribution >= 0.6 is 0 Å². The van der Waals surface area contributed by atoms with Crippen molar-refractivity contribution in [1.82, 2.24) is 5.32 Å². The molecule has 2 aromatic rings.